The van der Waals surface area contributed by atoms with E-state index in [2.05, 4.69) is 54.0 Å². The van der Waals surface area contributed by atoms with Crippen LogP contribution in [0.3, 0.4) is 0 Å². The number of nitrogens with one attached hydrogen (secondary N) is 1. The standard InChI is InChI=1S/C13H22N4S/c1-5-16(4)12-11(9-14-8-10(2)3)17-6-7-18-13(17)15-12/h6-7,10,14H,5,8-9H2,1-4H3. The van der Waals surface area contributed by atoms with Crippen molar-refractivity contribution in [2.45, 2.75) is 27.3 Å². The second kappa shape index (κ2) is 5.71. The lowest BCUT2D eigenvalue weighted by Crippen LogP contribution is -2.23. The molecule has 2 rings (SSSR count). The number of anilines is 1. The highest BCUT2D eigenvalue weighted by molar-refractivity contribution is 7.15. The lowest BCUT2D eigenvalue weighted by Gasteiger charge is -2.16. The topological polar surface area (TPSA) is 32.6 Å². The predicted octanol–water partition coefficient (Wildman–Crippen LogP) is 2.60. The van der Waals surface area contributed by atoms with Crippen LogP contribution in [0.2, 0.25) is 0 Å². The van der Waals surface area contributed by atoms with E-state index in [1.807, 2.05) is 0 Å². The summed E-state index contributed by atoms with van der Waals surface area (Å²) in [6.07, 6.45) is 2.10. The molecule has 0 atom stereocenters. The van der Waals surface area contributed by atoms with E-state index in [1.54, 1.807) is 11.3 Å². The van der Waals surface area contributed by atoms with Gasteiger partial charge in [0, 0.05) is 31.7 Å². The SMILES string of the molecule is CCN(C)c1nc2sccn2c1CNCC(C)C. The van der Waals surface area contributed by atoms with Gasteiger partial charge in [0.1, 0.15) is 0 Å². The van der Waals surface area contributed by atoms with Crippen molar-refractivity contribution in [1.82, 2.24) is 14.7 Å². The molecule has 0 saturated carbocycles. The first-order valence-electron chi connectivity index (χ1n) is 6.49. The van der Waals surface area contributed by atoms with Crippen molar-refractivity contribution in [3.05, 3.63) is 17.3 Å². The van der Waals surface area contributed by atoms with Crippen molar-refractivity contribution in [1.29, 1.82) is 0 Å². The minimum absolute atomic E-state index is 0.670. The molecule has 0 bridgehead atoms. The fourth-order valence-corrected chi connectivity index (χ4v) is 2.65. The molecule has 0 aliphatic rings. The van der Waals surface area contributed by atoms with Gasteiger partial charge in [-0.05, 0) is 19.4 Å². The molecule has 0 amide bonds. The molecule has 1 N–H and O–H groups in total. The van der Waals surface area contributed by atoms with Gasteiger partial charge in [0.15, 0.2) is 10.8 Å². The van der Waals surface area contributed by atoms with E-state index in [-0.39, 0.29) is 0 Å². The Balaban J connectivity index is 2.23. The van der Waals surface area contributed by atoms with Gasteiger partial charge in [0.25, 0.3) is 0 Å². The largest absolute Gasteiger partial charge is 0.358 e. The molecular weight excluding hydrogens is 244 g/mol. The van der Waals surface area contributed by atoms with Gasteiger partial charge in [-0.2, -0.15) is 0 Å². The van der Waals surface area contributed by atoms with Crippen molar-refractivity contribution in [2.75, 3.05) is 25.0 Å². The Kier molecular flexibility index (Phi) is 4.24. The summed E-state index contributed by atoms with van der Waals surface area (Å²) in [6.45, 7) is 9.48. The number of aromatic nitrogens is 2. The summed E-state index contributed by atoms with van der Waals surface area (Å²) in [4.78, 5) is 7.98. The minimum Gasteiger partial charge on any atom is -0.358 e. The van der Waals surface area contributed by atoms with Gasteiger partial charge in [0.2, 0.25) is 0 Å². The van der Waals surface area contributed by atoms with Gasteiger partial charge in [-0.3, -0.25) is 4.40 Å². The lowest BCUT2D eigenvalue weighted by molar-refractivity contribution is 0.547. The Morgan fingerprint density at radius 3 is 2.94 bits per heavy atom. The van der Waals surface area contributed by atoms with Crippen molar-refractivity contribution >= 4 is 22.1 Å². The normalized spacial score (nSPS) is 11.6. The quantitative estimate of drug-likeness (QED) is 0.872. The third kappa shape index (κ3) is 2.67. The maximum Gasteiger partial charge on any atom is 0.195 e. The first kappa shape index (κ1) is 13.4. The smallest absolute Gasteiger partial charge is 0.195 e. The zero-order valence-corrected chi connectivity index (χ0v) is 12.4. The van der Waals surface area contributed by atoms with E-state index in [1.165, 1.54) is 5.69 Å². The number of imidazole rings is 1. The first-order chi connectivity index (χ1) is 8.63. The van der Waals surface area contributed by atoms with Gasteiger partial charge in [0.05, 0.1) is 5.69 Å². The number of thiazole rings is 1. The van der Waals surface area contributed by atoms with Crippen LogP contribution >= 0.6 is 11.3 Å². The van der Waals surface area contributed by atoms with E-state index in [4.69, 9.17) is 4.98 Å². The lowest BCUT2D eigenvalue weighted by atomic mass is 10.2. The molecule has 0 unspecified atom stereocenters. The number of hydrogen-bond acceptors (Lipinski definition) is 4. The monoisotopic (exact) mass is 266 g/mol. The van der Waals surface area contributed by atoms with Crippen molar-refractivity contribution < 1.29 is 0 Å². The minimum atomic E-state index is 0.670. The molecule has 100 valence electrons. The second-order valence-corrected chi connectivity index (χ2v) is 5.85. The maximum atomic E-state index is 4.71. The highest BCUT2D eigenvalue weighted by Gasteiger charge is 2.15. The van der Waals surface area contributed by atoms with E-state index >= 15 is 0 Å². The van der Waals surface area contributed by atoms with Gasteiger partial charge in [-0.1, -0.05) is 13.8 Å². The van der Waals surface area contributed by atoms with E-state index in [0.29, 0.717) is 5.92 Å². The predicted molar refractivity (Wildman–Crippen MR) is 78.6 cm³/mol. The Labute approximate surface area is 113 Å². The zero-order valence-electron chi connectivity index (χ0n) is 11.6. The van der Waals surface area contributed by atoms with Crippen molar-refractivity contribution in [2.24, 2.45) is 5.92 Å². The molecule has 2 aromatic rings. The molecule has 0 aromatic carbocycles. The van der Waals surface area contributed by atoms with Crippen LogP contribution in [0.4, 0.5) is 5.82 Å². The molecule has 0 radical (unpaired) electrons. The summed E-state index contributed by atoms with van der Waals surface area (Å²) in [5, 5.41) is 5.59. The molecule has 2 heterocycles. The fourth-order valence-electron chi connectivity index (χ4n) is 1.92. The third-order valence-electron chi connectivity index (χ3n) is 3.02. The maximum absolute atomic E-state index is 4.71. The Morgan fingerprint density at radius 2 is 2.28 bits per heavy atom. The van der Waals surface area contributed by atoms with Crippen LogP contribution in [0.25, 0.3) is 4.96 Å². The van der Waals surface area contributed by atoms with Crippen LogP contribution < -0.4 is 10.2 Å². The van der Waals surface area contributed by atoms with Crippen LogP contribution in [0.5, 0.6) is 0 Å². The molecule has 2 aromatic heterocycles. The van der Waals surface area contributed by atoms with Crippen LogP contribution in [0.15, 0.2) is 11.6 Å². The zero-order chi connectivity index (χ0) is 13.1. The Morgan fingerprint density at radius 1 is 1.50 bits per heavy atom. The number of hydrogen-bond donors (Lipinski definition) is 1. The molecule has 4 nitrogen and oxygen atoms in total. The van der Waals surface area contributed by atoms with E-state index < -0.39 is 0 Å². The molecule has 5 heteroatoms. The summed E-state index contributed by atoms with van der Waals surface area (Å²) in [5.74, 6) is 1.77. The fraction of sp³-hybridized carbons (Fsp3) is 0.615. The molecular formula is C13H22N4S. The number of rotatable bonds is 6. The van der Waals surface area contributed by atoms with Crippen molar-refractivity contribution in [3.63, 3.8) is 0 Å². The molecule has 18 heavy (non-hydrogen) atoms. The molecule has 0 saturated heterocycles. The van der Waals surface area contributed by atoms with E-state index in [0.717, 1.165) is 30.4 Å². The van der Waals surface area contributed by atoms with Crippen molar-refractivity contribution in [3.8, 4) is 0 Å². The summed E-state index contributed by atoms with van der Waals surface area (Å²) >= 11 is 1.69. The first-order valence-corrected chi connectivity index (χ1v) is 7.37. The molecule has 0 aliphatic heterocycles. The highest BCUT2D eigenvalue weighted by Crippen LogP contribution is 2.23. The van der Waals surface area contributed by atoms with Gasteiger partial charge >= 0.3 is 0 Å². The van der Waals surface area contributed by atoms with Crippen LogP contribution in [-0.2, 0) is 6.54 Å². The van der Waals surface area contributed by atoms with Crippen LogP contribution in [0, 0.1) is 5.92 Å². The average molecular weight is 266 g/mol. The van der Waals surface area contributed by atoms with Crippen LogP contribution in [-0.4, -0.2) is 29.5 Å². The summed E-state index contributed by atoms with van der Waals surface area (Å²) in [7, 11) is 2.10. The molecule has 0 fully saturated rings. The molecule has 0 aliphatic carbocycles. The number of fused-ring (bicyclic) bond motifs is 1. The highest BCUT2D eigenvalue weighted by atomic mass is 32.1. The van der Waals surface area contributed by atoms with Gasteiger partial charge in [-0.25, -0.2) is 4.98 Å². The van der Waals surface area contributed by atoms with Gasteiger partial charge < -0.3 is 10.2 Å². The third-order valence-corrected chi connectivity index (χ3v) is 3.78. The molecule has 0 spiro atoms. The Hall–Kier alpha value is -1.07. The number of nitrogens with zero attached hydrogens (tertiary/aromatic N) is 3. The summed E-state index contributed by atoms with van der Waals surface area (Å²) in [6, 6.07) is 0. The Bertz CT molecular complexity index is 500. The summed E-state index contributed by atoms with van der Waals surface area (Å²) < 4.78 is 2.19. The van der Waals surface area contributed by atoms with Crippen LogP contribution in [0.1, 0.15) is 26.5 Å². The summed E-state index contributed by atoms with van der Waals surface area (Å²) in [5.41, 5.74) is 1.26. The average Bonchev–Trinajstić information content (AvgIpc) is 2.89. The van der Waals surface area contributed by atoms with Gasteiger partial charge in [-0.15, -0.1) is 11.3 Å². The van der Waals surface area contributed by atoms with E-state index in [9.17, 15) is 0 Å². The second-order valence-electron chi connectivity index (χ2n) is 4.98.